The lowest BCUT2D eigenvalue weighted by Gasteiger charge is -2.35. The summed E-state index contributed by atoms with van der Waals surface area (Å²) in [6, 6.07) is 9.71. The molecule has 0 amide bonds. The zero-order valence-electron chi connectivity index (χ0n) is 9.27. The van der Waals surface area contributed by atoms with Crippen molar-refractivity contribution in [1.29, 1.82) is 0 Å². The maximum atomic E-state index is 9.67. The van der Waals surface area contributed by atoms with Crippen LogP contribution in [-0.2, 0) is 4.74 Å². The van der Waals surface area contributed by atoms with E-state index >= 15 is 0 Å². The van der Waals surface area contributed by atoms with Crippen LogP contribution in [0.1, 0.15) is 6.42 Å². The average molecular weight is 256 g/mol. The van der Waals surface area contributed by atoms with Crippen LogP contribution in [0.2, 0.25) is 0 Å². The lowest BCUT2D eigenvalue weighted by atomic mass is 10.0. The minimum atomic E-state index is -1.01. The van der Waals surface area contributed by atoms with E-state index < -0.39 is 18.3 Å². The zero-order chi connectivity index (χ0) is 12.3. The van der Waals surface area contributed by atoms with E-state index in [1.807, 2.05) is 30.3 Å². The highest BCUT2D eigenvalue weighted by Gasteiger charge is 2.36. The molecule has 0 saturated carbocycles. The normalized spacial score (nSPS) is 33.6. The molecule has 4 atom stereocenters. The molecular formula is C12H16O4S. The Morgan fingerprint density at radius 1 is 1.24 bits per heavy atom. The Hall–Kier alpha value is -0.590. The molecule has 4 nitrogen and oxygen atoms in total. The van der Waals surface area contributed by atoms with Crippen molar-refractivity contribution >= 4 is 11.8 Å². The number of rotatable bonds is 3. The first-order valence-corrected chi connectivity index (χ1v) is 6.43. The van der Waals surface area contributed by atoms with Gasteiger partial charge in [-0.15, -0.1) is 0 Å². The Kier molecular flexibility index (Phi) is 4.42. The number of benzene rings is 1. The molecule has 0 radical (unpaired) electrons. The fourth-order valence-electron chi connectivity index (χ4n) is 1.79. The largest absolute Gasteiger partial charge is 0.394 e. The van der Waals surface area contributed by atoms with Crippen LogP contribution >= 0.6 is 11.8 Å². The summed E-state index contributed by atoms with van der Waals surface area (Å²) in [6.45, 7) is -0.288. The van der Waals surface area contributed by atoms with Gasteiger partial charge in [-0.2, -0.15) is 0 Å². The maximum Gasteiger partial charge on any atom is 0.110 e. The smallest absolute Gasteiger partial charge is 0.110 e. The van der Waals surface area contributed by atoms with E-state index in [0.29, 0.717) is 6.42 Å². The molecule has 0 bridgehead atoms. The van der Waals surface area contributed by atoms with Gasteiger partial charge in [0.15, 0.2) is 0 Å². The van der Waals surface area contributed by atoms with Crippen molar-refractivity contribution in [3.8, 4) is 0 Å². The Balaban J connectivity index is 1.98. The third-order valence-corrected chi connectivity index (χ3v) is 3.84. The molecule has 0 unspecified atom stereocenters. The Labute approximate surface area is 104 Å². The molecule has 17 heavy (non-hydrogen) atoms. The Morgan fingerprint density at radius 2 is 1.94 bits per heavy atom. The van der Waals surface area contributed by atoms with Crippen molar-refractivity contribution in [2.75, 3.05) is 6.61 Å². The minimum Gasteiger partial charge on any atom is -0.394 e. The summed E-state index contributed by atoms with van der Waals surface area (Å²) in [7, 11) is 0. The molecule has 2 rings (SSSR count). The third kappa shape index (κ3) is 3.20. The zero-order valence-corrected chi connectivity index (χ0v) is 10.1. The SMILES string of the molecule is OC[C@H]1O[C@H](Sc2ccccc2)C[C@@H](O)[C@H]1O. The van der Waals surface area contributed by atoms with Crippen LogP contribution in [0.15, 0.2) is 35.2 Å². The predicted molar refractivity (Wildman–Crippen MR) is 64.7 cm³/mol. The monoisotopic (exact) mass is 256 g/mol. The molecule has 0 spiro atoms. The highest BCUT2D eigenvalue weighted by atomic mass is 32.2. The predicted octanol–water partition coefficient (Wildman–Crippen LogP) is 0.608. The second kappa shape index (κ2) is 5.84. The van der Waals surface area contributed by atoms with Gasteiger partial charge in [0.2, 0.25) is 0 Å². The third-order valence-electron chi connectivity index (χ3n) is 2.73. The summed E-state index contributed by atoms with van der Waals surface area (Å²) < 4.78 is 5.53. The van der Waals surface area contributed by atoms with Crippen LogP contribution in [0.25, 0.3) is 0 Å². The molecule has 1 fully saturated rings. The first-order chi connectivity index (χ1) is 8.20. The van der Waals surface area contributed by atoms with E-state index in [4.69, 9.17) is 9.84 Å². The van der Waals surface area contributed by atoms with Gasteiger partial charge in [0.25, 0.3) is 0 Å². The van der Waals surface area contributed by atoms with E-state index in [2.05, 4.69) is 0 Å². The van der Waals surface area contributed by atoms with E-state index in [9.17, 15) is 10.2 Å². The van der Waals surface area contributed by atoms with Gasteiger partial charge in [-0.05, 0) is 12.1 Å². The molecule has 1 aromatic rings. The molecular weight excluding hydrogens is 240 g/mol. The lowest BCUT2D eigenvalue weighted by Crippen LogP contribution is -2.48. The minimum absolute atomic E-state index is 0.243. The number of thioether (sulfide) groups is 1. The van der Waals surface area contributed by atoms with Gasteiger partial charge in [0, 0.05) is 11.3 Å². The quantitative estimate of drug-likeness (QED) is 0.739. The van der Waals surface area contributed by atoms with E-state index in [1.54, 1.807) is 0 Å². The van der Waals surface area contributed by atoms with Gasteiger partial charge in [0.05, 0.1) is 12.7 Å². The second-order valence-corrected chi connectivity index (χ2v) is 5.24. The summed E-state index contributed by atoms with van der Waals surface area (Å²) in [5.74, 6) is 0. The second-order valence-electron chi connectivity index (χ2n) is 4.01. The summed E-state index contributed by atoms with van der Waals surface area (Å²) in [6.07, 6.45) is -2.20. The van der Waals surface area contributed by atoms with E-state index in [1.165, 1.54) is 11.8 Å². The topological polar surface area (TPSA) is 69.9 Å². The van der Waals surface area contributed by atoms with Gasteiger partial charge in [-0.1, -0.05) is 30.0 Å². The van der Waals surface area contributed by atoms with Gasteiger partial charge < -0.3 is 20.1 Å². The standard InChI is InChI=1S/C12H16O4S/c13-7-10-12(15)9(14)6-11(16-10)17-8-4-2-1-3-5-8/h1-5,9-15H,6-7H2/t9-,10-,11-,12-/m1/s1. The van der Waals surface area contributed by atoms with Crippen molar-refractivity contribution in [1.82, 2.24) is 0 Å². The first-order valence-electron chi connectivity index (χ1n) is 5.55. The van der Waals surface area contributed by atoms with E-state index in [-0.39, 0.29) is 12.0 Å². The van der Waals surface area contributed by atoms with Crippen LogP contribution in [-0.4, -0.2) is 45.7 Å². The first kappa shape index (κ1) is 12.9. The van der Waals surface area contributed by atoms with Crippen LogP contribution in [0.4, 0.5) is 0 Å². The van der Waals surface area contributed by atoms with Crippen molar-refractivity contribution in [2.24, 2.45) is 0 Å². The molecule has 1 aliphatic rings. The highest BCUT2D eigenvalue weighted by molar-refractivity contribution is 7.99. The molecule has 1 aliphatic heterocycles. The molecule has 0 aliphatic carbocycles. The number of ether oxygens (including phenoxy) is 1. The van der Waals surface area contributed by atoms with E-state index in [0.717, 1.165) is 4.90 Å². The molecule has 5 heteroatoms. The molecule has 1 aromatic carbocycles. The summed E-state index contributed by atoms with van der Waals surface area (Å²) in [5.41, 5.74) is -0.243. The fraction of sp³-hybridized carbons (Fsp3) is 0.500. The van der Waals surface area contributed by atoms with Crippen LogP contribution in [0.5, 0.6) is 0 Å². The molecule has 0 aromatic heterocycles. The summed E-state index contributed by atoms with van der Waals surface area (Å²) in [5, 5.41) is 28.3. The number of hydrogen-bond donors (Lipinski definition) is 3. The highest BCUT2D eigenvalue weighted by Crippen LogP contribution is 2.32. The van der Waals surface area contributed by atoms with Gasteiger partial charge in [0.1, 0.15) is 17.6 Å². The van der Waals surface area contributed by atoms with Crippen LogP contribution in [0.3, 0.4) is 0 Å². The number of hydrogen-bond acceptors (Lipinski definition) is 5. The van der Waals surface area contributed by atoms with Crippen LogP contribution < -0.4 is 0 Å². The van der Waals surface area contributed by atoms with Crippen molar-refractivity contribution < 1.29 is 20.1 Å². The Morgan fingerprint density at radius 3 is 2.59 bits per heavy atom. The number of aliphatic hydroxyl groups excluding tert-OH is 3. The van der Waals surface area contributed by atoms with Crippen LogP contribution in [0, 0.1) is 0 Å². The maximum absolute atomic E-state index is 9.67. The molecule has 3 N–H and O–H groups in total. The summed E-state index contributed by atoms with van der Waals surface area (Å²) >= 11 is 1.48. The molecule has 1 heterocycles. The van der Waals surface area contributed by atoms with Gasteiger partial charge in [-0.3, -0.25) is 0 Å². The van der Waals surface area contributed by atoms with Crippen molar-refractivity contribution in [3.63, 3.8) is 0 Å². The van der Waals surface area contributed by atoms with Gasteiger partial charge in [-0.25, -0.2) is 0 Å². The van der Waals surface area contributed by atoms with Gasteiger partial charge >= 0.3 is 0 Å². The van der Waals surface area contributed by atoms with Crippen molar-refractivity contribution in [3.05, 3.63) is 30.3 Å². The Bertz CT molecular complexity index is 346. The average Bonchev–Trinajstić information content (AvgIpc) is 2.35. The molecule has 94 valence electrons. The van der Waals surface area contributed by atoms with Crippen molar-refractivity contribution in [2.45, 2.75) is 35.1 Å². The number of aliphatic hydroxyl groups is 3. The lowest BCUT2D eigenvalue weighted by molar-refractivity contribution is -0.157. The fourth-order valence-corrected chi connectivity index (χ4v) is 2.90. The molecule has 1 saturated heterocycles. The summed E-state index contributed by atoms with van der Waals surface area (Å²) in [4.78, 5) is 1.04.